The molecule has 0 saturated heterocycles. The highest BCUT2D eigenvalue weighted by Gasteiger charge is 2.16. The number of rotatable bonds is 5. The van der Waals surface area contributed by atoms with Crippen molar-refractivity contribution < 1.29 is 14.7 Å². The average Bonchev–Trinajstić information content (AvgIpc) is 2.75. The van der Waals surface area contributed by atoms with E-state index in [1.807, 2.05) is 0 Å². The molecule has 1 aromatic heterocycles. The fourth-order valence-corrected chi connectivity index (χ4v) is 2.03. The normalized spacial score (nSPS) is 10.4. The number of carbonyl (C=O) groups excluding carboxylic acids is 2. The molecule has 0 spiro atoms. The summed E-state index contributed by atoms with van der Waals surface area (Å²) >= 11 is 0. The lowest BCUT2D eigenvalue weighted by molar-refractivity contribution is -0.114. The number of anilines is 2. The molecular formula is C14H16N4O3. The maximum absolute atomic E-state index is 11.2. The molecule has 0 aliphatic carbocycles. The smallest absolute Gasteiger partial charge is 0.221 e. The van der Waals surface area contributed by atoms with E-state index in [0.29, 0.717) is 23.2 Å². The van der Waals surface area contributed by atoms with Crippen molar-refractivity contribution >= 4 is 23.7 Å². The molecule has 2 aromatic rings. The summed E-state index contributed by atoms with van der Waals surface area (Å²) in [5.74, 6) is 0.0204. The highest BCUT2D eigenvalue weighted by Crippen LogP contribution is 2.27. The predicted molar refractivity (Wildman–Crippen MR) is 78.9 cm³/mol. The van der Waals surface area contributed by atoms with Gasteiger partial charge in [0, 0.05) is 18.2 Å². The first-order valence-corrected chi connectivity index (χ1v) is 6.37. The largest absolute Gasteiger partial charge is 0.394 e. The van der Waals surface area contributed by atoms with Crippen LogP contribution in [0, 0.1) is 0 Å². The summed E-state index contributed by atoms with van der Waals surface area (Å²) in [4.78, 5) is 22.3. The highest BCUT2D eigenvalue weighted by atomic mass is 16.3. The maximum atomic E-state index is 11.2. The van der Waals surface area contributed by atoms with Crippen molar-refractivity contribution in [3.05, 3.63) is 29.8 Å². The second-order valence-electron chi connectivity index (χ2n) is 4.47. The van der Waals surface area contributed by atoms with Gasteiger partial charge in [0.25, 0.3) is 0 Å². The van der Waals surface area contributed by atoms with Gasteiger partial charge in [0.2, 0.25) is 5.91 Å². The van der Waals surface area contributed by atoms with Gasteiger partial charge in [0.05, 0.1) is 18.7 Å². The highest BCUT2D eigenvalue weighted by molar-refractivity contribution is 5.93. The van der Waals surface area contributed by atoms with E-state index in [9.17, 15) is 9.59 Å². The van der Waals surface area contributed by atoms with E-state index in [-0.39, 0.29) is 30.4 Å². The topological polar surface area (TPSA) is 110 Å². The summed E-state index contributed by atoms with van der Waals surface area (Å²) in [5.41, 5.74) is 7.79. The van der Waals surface area contributed by atoms with Crippen LogP contribution in [0.3, 0.4) is 0 Å². The van der Waals surface area contributed by atoms with Gasteiger partial charge in [-0.25, -0.2) is 4.68 Å². The number of nitrogen functional groups attached to an aromatic ring is 1. The summed E-state index contributed by atoms with van der Waals surface area (Å²) in [6.45, 7) is 1.49. The first-order chi connectivity index (χ1) is 10.1. The molecule has 2 rings (SSSR count). The molecule has 1 heterocycles. The molecule has 0 aliphatic heterocycles. The zero-order chi connectivity index (χ0) is 15.4. The Morgan fingerprint density at radius 2 is 2.29 bits per heavy atom. The number of benzene rings is 1. The Morgan fingerprint density at radius 3 is 2.90 bits per heavy atom. The van der Waals surface area contributed by atoms with Crippen LogP contribution in [0.25, 0.3) is 11.3 Å². The molecule has 7 nitrogen and oxygen atoms in total. The number of aliphatic hydroxyl groups is 1. The Morgan fingerprint density at radius 1 is 1.52 bits per heavy atom. The first kappa shape index (κ1) is 14.7. The second kappa shape index (κ2) is 6.19. The number of nitrogens with zero attached hydrogens (tertiary/aromatic N) is 2. The van der Waals surface area contributed by atoms with E-state index in [1.54, 1.807) is 24.3 Å². The number of aldehydes is 1. The Hall–Kier alpha value is -2.67. The summed E-state index contributed by atoms with van der Waals surface area (Å²) in [5, 5.41) is 15.9. The standard InChI is InChI=1S/C14H16N4O3/c1-9(21)16-11-4-2-3-10(7-11)13-12(8-20)14(15)18(17-13)5-6-19/h2-4,7-8,19H,5-6,15H2,1H3,(H,16,21). The lowest BCUT2D eigenvalue weighted by Gasteiger charge is -2.04. The number of hydrogen-bond acceptors (Lipinski definition) is 5. The van der Waals surface area contributed by atoms with E-state index >= 15 is 0 Å². The first-order valence-electron chi connectivity index (χ1n) is 6.37. The summed E-state index contributed by atoms with van der Waals surface area (Å²) in [7, 11) is 0. The van der Waals surface area contributed by atoms with Gasteiger partial charge in [0.1, 0.15) is 11.5 Å². The van der Waals surface area contributed by atoms with Crippen molar-refractivity contribution in [2.45, 2.75) is 13.5 Å². The van der Waals surface area contributed by atoms with E-state index in [2.05, 4.69) is 10.4 Å². The molecule has 0 atom stereocenters. The molecule has 4 N–H and O–H groups in total. The molecular weight excluding hydrogens is 272 g/mol. The van der Waals surface area contributed by atoms with Gasteiger partial charge >= 0.3 is 0 Å². The number of carbonyl (C=O) groups is 2. The van der Waals surface area contributed by atoms with Gasteiger partial charge in [-0.15, -0.1) is 0 Å². The molecule has 0 fully saturated rings. The summed E-state index contributed by atoms with van der Waals surface area (Å²) in [6, 6.07) is 6.96. The van der Waals surface area contributed by atoms with Crippen molar-refractivity contribution in [1.29, 1.82) is 0 Å². The Bertz CT molecular complexity index is 679. The molecule has 7 heteroatoms. The van der Waals surface area contributed by atoms with Crippen LogP contribution in [-0.4, -0.2) is 33.7 Å². The van der Waals surface area contributed by atoms with Crippen LogP contribution in [0.1, 0.15) is 17.3 Å². The van der Waals surface area contributed by atoms with Crippen molar-refractivity contribution in [3.63, 3.8) is 0 Å². The third-order valence-electron chi connectivity index (χ3n) is 2.92. The van der Waals surface area contributed by atoms with E-state index < -0.39 is 0 Å². The zero-order valence-electron chi connectivity index (χ0n) is 11.5. The summed E-state index contributed by atoms with van der Waals surface area (Å²) < 4.78 is 1.38. The predicted octanol–water partition coefficient (Wildman–Crippen LogP) is 0.895. The van der Waals surface area contributed by atoms with Crippen molar-refractivity contribution in [2.24, 2.45) is 0 Å². The number of nitrogens with one attached hydrogen (secondary N) is 1. The minimum absolute atomic E-state index is 0.129. The molecule has 1 amide bonds. The number of aliphatic hydroxyl groups excluding tert-OH is 1. The van der Waals surface area contributed by atoms with E-state index in [0.717, 1.165) is 0 Å². The lowest BCUT2D eigenvalue weighted by atomic mass is 10.1. The van der Waals surface area contributed by atoms with E-state index in [1.165, 1.54) is 11.6 Å². The molecule has 0 unspecified atom stereocenters. The Labute approximate surface area is 121 Å². The van der Waals surface area contributed by atoms with Crippen LogP contribution in [0.4, 0.5) is 11.5 Å². The monoisotopic (exact) mass is 288 g/mol. The third-order valence-corrected chi connectivity index (χ3v) is 2.92. The number of aromatic nitrogens is 2. The average molecular weight is 288 g/mol. The number of nitrogens with two attached hydrogens (primary N) is 1. The van der Waals surface area contributed by atoms with Crippen molar-refractivity contribution in [3.8, 4) is 11.3 Å². The van der Waals surface area contributed by atoms with Gasteiger partial charge in [-0.05, 0) is 12.1 Å². The molecule has 21 heavy (non-hydrogen) atoms. The molecule has 0 bridgehead atoms. The third kappa shape index (κ3) is 3.09. The van der Waals surface area contributed by atoms with Crippen LogP contribution in [-0.2, 0) is 11.3 Å². The molecule has 110 valence electrons. The fraction of sp³-hybridized carbons (Fsp3) is 0.214. The van der Waals surface area contributed by atoms with Crippen LogP contribution >= 0.6 is 0 Å². The Balaban J connectivity index is 2.48. The Kier molecular flexibility index (Phi) is 4.34. The molecule has 0 radical (unpaired) electrons. The van der Waals surface area contributed by atoms with Crippen LogP contribution < -0.4 is 11.1 Å². The molecule has 1 aromatic carbocycles. The van der Waals surface area contributed by atoms with E-state index in [4.69, 9.17) is 10.8 Å². The molecule has 0 aliphatic rings. The minimum atomic E-state index is -0.187. The van der Waals surface area contributed by atoms with Gasteiger partial charge < -0.3 is 16.2 Å². The zero-order valence-corrected chi connectivity index (χ0v) is 11.5. The number of amides is 1. The van der Waals surface area contributed by atoms with Gasteiger partial charge in [-0.1, -0.05) is 12.1 Å². The fourth-order valence-electron chi connectivity index (χ4n) is 2.03. The number of hydrogen-bond donors (Lipinski definition) is 3. The summed E-state index contributed by atoms with van der Waals surface area (Å²) in [6.07, 6.45) is 0.636. The van der Waals surface area contributed by atoms with Crippen LogP contribution in [0.2, 0.25) is 0 Å². The van der Waals surface area contributed by atoms with Gasteiger partial charge in [-0.3, -0.25) is 9.59 Å². The van der Waals surface area contributed by atoms with Crippen LogP contribution in [0.5, 0.6) is 0 Å². The quantitative estimate of drug-likeness (QED) is 0.708. The second-order valence-corrected chi connectivity index (χ2v) is 4.47. The van der Waals surface area contributed by atoms with Crippen LogP contribution in [0.15, 0.2) is 24.3 Å². The maximum Gasteiger partial charge on any atom is 0.221 e. The lowest BCUT2D eigenvalue weighted by Crippen LogP contribution is -2.08. The molecule has 0 saturated carbocycles. The SMILES string of the molecule is CC(=O)Nc1cccc(-c2nn(CCO)c(N)c2C=O)c1. The van der Waals surface area contributed by atoms with Crippen molar-refractivity contribution in [1.82, 2.24) is 9.78 Å². The van der Waals surface area contributed by atoms with Crippen molar-refractivity contribution in [2.75, 3.05) is 17.7 Å². The minimum Gasteiger partial charge on any atom is -0.394 e. The van der Waals surface area contributed by atoms with Gasteiger partial charge in [-0.2, -0.15) is 5.10 Å². The van der Waals surface area contributed by atoms with Gasteiger partial charge in [0.15, 0.2) is 6.29 Å².